The molecule has 2 unspecified atom stereocenters. The Hall–Kier alpha value is -3.63. The van der Waals surface area contributed by atoms with Crippen molar-refractivity contribution >= 4 is 28.5 Å². The average Bonchev–Trinajstić information content (AvgIpc) is 3.33. The van der Waals surface area contributed by atoms with Crippen molar-refractivity contribution in [1.82, 2.24) is 26.0 Å². The summed E-state index contributed by atoms with van der Waals surface area (Å²) in [5.74, 6) is -0.294. The van der Waals surface area contributed by atoms with Gasteiger partial charge < -0.3 is 21.7 Å². The summed E-state index contributed by atoms with van der Waals surface area (Å²) in [6.45, 7) is 11.3. The molecule has 0 spiro atoms. The van der Waals surface area contributed by atoms with Gasteiger partial charge >= 0.3 is 0 Å². The second-order valence-electron chi connectivity index (χ2n) is 9.96. The number of carbonyl (C=O) groups is 1. The highest BCUT2D eigenvalue weighted by atomic mass is 19.1. The number of amidine groups is 1. The lowest BCUT2D eigenvalue weighted by Crippen LogP contribution is -2.42. The number of nitrogens with zero attached hydrogens (tertiary/aromatic N) is 3. The second kappa shape index (κ2) is 14.5. The van der Waals surface area contributed by atoms with Crippen LogP contribution in [0, 0.1) is 19.7 Å². The zero-order valence-electron chi connectivity index (χ0n) is 23.6. The number of anilines is 1. The number of H-pyrrole nitrogens is 1. The third-order valence-corrected chi connectivity index (χ3v) is 6.55. The molecule has 0 fully saturated rings. The van der Waals surface area contributed by atoms with Gasteiger partial charge in [0.1, 0.15) is 22.7 Å². The predicted octanol–water partition coefficient (Wildman–Crippen LogP) is 4.74. The van der Waals surface area contributed by atoms with E-state index in [0.717, 1.165) is 36.4 Å². The van der Waals surface area contributed by atoms with Gasteiger partial charge in [0.15, 0.2) is 0 Å². The molecule has 39 heavy (non-hydrogen) atoms. The van der Waals surface area contributed by atoms with Gasteiger partial charge in [0.05, 0.1) is 5.56 Å². The van der Waals surface area contributed by atoms with Crippen LogP contribution in [0.25, 0.3) is 11.0 Å². The van der Waals surface area contributed by atoms with Crippen molar-refractivity contribution in [3.63, 3.8) is 0 Å². The third-order valence-electron chi connectivity index (χ3n) is 6.55. The fourth-order valence-corrected chi connectivity index (χ4v) is 4.53. The molecule has 6 N–H and O–H groups in total. The molecular weight excluding hydrogens is 495 g/mol. The van der Waals surface area contributed by atoms with Gasteiger partial charge in [-0.15, -0.1) is 0 Å². The molecule has 1 aromatic heterocycles. The third kappa shape index (κ3) is 8.97. The number of nitrogens with two attached hydrogens (primary N) is 1. The number of fused-ring (bicyclic) bond motifs is 1. The minimum Gasteiger partial charge on any atom is -0.352 e. The molecule has 0 aliphatic carbocycles. The monoisotopic (exact) mass is 536 g/mol. The summed E-state index contributed by atoms with van der Waals surface area (Å²) in [6, 6.07) is 8.91. The standard InChI is InChI=1S/C29H41FN8O/c1-6-8-22(9-10-32-29(39)24-14-27-28(15-25(24)30)37-38-36-27)34-17-26(31)21(7-2)16-33-20(5)35-23-12-18(3)11-19(4)13-23/h11-16,22,26,34H,6-10,17,31H2,1-5H3,(H,32,39)(H,33,35)(H,36,37,38)/b21-16-. The van der Waals surface area contributed by atoms with Crippen LogP contribution < -0.4 is 21.7 Å². The predicted molar refractivity (Wildman–Crippen MR) is 156 cm³/mol. The molecule has 210 valence electrons. The summed E-state index contributed by atoms with van der Waals surface area (Å²) >= 11 is 0. The maximum Gasteiger partial charge on any atom is 0.254 e. The van der Waals surface area contributed by atoms with Crippen LogP contribution in [0.4, 0.5) is 10.1 Å². The summed E-state index contributed by atoms with van der Waals surface area (Å²) in [7, 11) is 0. The molecule has 3 aromatic rings. The van der Waals surface area contributed by atoms with E-state index in [-0.39, 0.29) is 17.6 Å². The number of halogens is 1. The molecule has 0 saturated heterocycles. The van der Waals surface area contributed by atoms with Crippen molar-refractivity contribution in [2.45, 2.75) is 72.4 Å². The first-order valence-corrected chi connectivity index (χ1v) is 13.6. The summed E-state index contributed by atoms with van der Waals surface area (Å²) in [5, 5.41) is 19.9. The Morgan fingerprint density at radius 2 is 1.79 bits per heavy atom. The van der Waals surface area contributed by atoms with Gasteiger partial charge in [0.2, 0.25) is 0 Å². The summed E-state index contributed by atoms with van der Waals surface area (Å²) in [4.78, 5) is 17.2. The van der Waals surface area contributed by atoms with E-state index in [4.69, 9.17) is 5.73 Å². The lowest BCUT2D eigenvalue weighted by Gasteiger charge is -2.22. The van der Waals surface area contributed by atoms with E-state index in [1.807, 2.05) is 13.1 Å². The summed E-state index contributed by atoms with van der Waals surface area (Å²) in [5.41, 5.74) is 11.8. The fourth-order valence-electron chi connectivity index (χ4n) is 4.53. The van der Waals surface area contributed by atoms with E-state index in [9.17, 15) is 9.18 Å². The van der Waals surface area contributed by atoms with Crippen LogP contribution in [0.2, 0.25) is 0 Å². The Kier molecular flexibility index (Phi) is 11.1. The lowest BCUT2D eigenvalue weighted by atomic mass is 10.0. The van der Waals surface area contributed by atoms with Gasteiger partial charge in [0.25, 0.3) is 5.91 Å². The van der Waals surface area contributed by atoms with Gasteiger partial charge in [-0.2, -0.15) is 15.4 Å². The van der Waals surface area contributed by atoms with E-state index in [0.29, 0.717) is 30.5 Å². The molecule has 0 bridgehead atoms. The van der Waals surface area contributed by atoms with Crippen LogP contribution >= 0.6 is 0 Å². The Morgan fingerprint density at radius 3 is 2.46 bits per heavy atom. The van der Waals surface area contributed by atoms with Crippen LogP contribution in [-0.2, 0) is 0 Å². The molecule has 2 aromatic carbocycles. The van der Waals surface area contributed by atoms with Crippen molar-refractivity contribution in [2.24, 2.45) is 10.7 Å². The van der Waals surface area contributed by atoms with Crippen LogP contribution in [0.5, 0.6) is 0 Å². The van der Waals surface area contributed by atoms with Crippen LogP contribution in [0.3, 0.4) is 0 Å². The topological polar surface area (TPSA) is 133 Å². The van der Waals surface area contributed by atoms with E-state index in [2.05, 4.69) is 82.2 Å². The maximum atomic E-state index is 14.3. The number of hydrogen-bond acceptors (Lipinski definition) is 6. The van der Waals surface area contributed by atoms with Crippen molar-refractivity contribution in [3.8, 4) is 0 Å². The molecule has 0 aliphatic rings. The van der Waals surface area contributed by atoms with Gasteiger partial charge in [-0.05, 0) is 74.9 Å². The Morgan fingerprint density at radius 1 is 1.10 bits per heavy atom. The Bertz CT molecular complexity index is 1300. The number of amides is 1. The zero-order chi connectivity index (χ0) is 28.4. The van der Waals surface area contributed by atoms with Gasteiger partial charge in [-0.1, -0.05) is 26.3 Å². The van der Waals surface area contributed by atoms with Crippen molar-refractivity contribution in [2.75, 3.05) is 18.4 Å². The number of aliphatic imine (C=N–C) groups is 1. The smallest absolute Gasteiger partial charge is 0.254 e. The van der Waals surface area contributed by atoms with E-state index in [1.54, 1.807) is 0 Å². The fraction of sp³-hybridized carbons (Fsp3) is 0.448. The number of benzene rings is 2. The number of hydrogen-bond donors (Lipinski definition) is 5. The van der Waals surface area contributed by atoms with E-state index in [1.165, 1.54) is 23.3 Å². The highest BCUT2D eigenvalue weighted by Gasteiger charge is 2.16. The molecule has 1 amide bonds. The van der Waals surface area contributed by atoms with Crippen molar-refractivity contribution in [1.29, 1.82) is 0 Å². The first-order valence-electron chi connectivity index (χ1n) is 13.6. The number of aryl methyl sites for hydroxylation is 2. The second-order valence-corrected chi connectivity index (χ2v) is 9.96. The van der Waals surface area contributed by atoms with Crippen molar-refractivity contribution in [3.05, 3.63) is 64.6 Å². The lowest BCUT2D eigenvalue weighted by molar-refractivity contribution is 0.0948. The Balaban J connectivity index is 1.51. The Labute approximate surface area is 229 Å². The molecule has 0 saturated carbocycles. The molecule has 0 radical (unpaired) electrons. The number of rotatable bonds is 13. The molecule has 0 aliphatic heterocycles. The van der Waals surface area contributed by atoms with Crippen molar-refractivity contribution < 1.29 is 9.18 Å². The average molecular weight is 537 g/mol. The van der Waals surface area contributed by atoms with Crippen LogP contribution in [-0.4, -0.2) is 52.3 Å². The maximum absolute atomic E-state index is 14.3. The molecule has 1 heterocycles. The molecule has 2 atom stereocenters. The normalized spacial score (nSPS) is 13.9. The number of aromatic amines is 1. The first-order chi connectivity index (χ1) is 18.7. The number of nitrogens with one attached hydrogen (secondary N) is 4. The van der Waals surface area contributed by atoms with Gasteiger partial charge in [0, 0.05) is 43.1 Å². The minimum atomic E-state index is -0.621. The first kappa shape index (κ1) is 29.9. The number of aromatic nitrogens is 3. The SMILES string of the molecule is CCCC(CCNC(=O)c1cc2n[nH]nc2cc1F)NCC(N)/C(=C\N=C(C)Nc1cc(C)cc(C)c1)CC. The summed E-state index contributed by atoms with van der Waals surface area (Å²) in [6.07, 6.45) is 5.26. The largest absolute Gasteiger partial charge is 0.352 e. The van der Waals surface area contributed by atoms with Crippen LogP contribution in [0.15, 0.2) is 47.1 Å². The van der Waals surface area contributed by atoms with E-state index >= 15 is 0 Å². The van der Waals surface area contributed by atoms with E-state index < -0.39 is 11.7 Å². The summed E-state index contributed by atoms with van der Waals surface area (Å²) < 4.78 is 14.3. The zero-order valence-corrected chi connectivity index (χ0v) is 23.6. The molecular formula is C29H41FN8O. The number of carbonyl (C=O) groups excluding carboxylic acids is 1. The molecule has 10 heteroatoms. The highest BCUT2D eigenvalue weighted by Crippen LogP contribution is 2.16. The molecule has 9 nitrogen and oxygen atoms in total. The highest BCUT2D eigenvalue weighted by molar-refractivity contribution is 5.97. The van der Waals surface area contributed by atoms with Crippen LogP contribution in [0.1, 0.15) is 67.9 Å². The minimum absolute atomic E-state index is 0.0426. The quantitative estimate of drug-likeness (QED) is 0.158. The molecule has 3 rings (SSSR count). The van der Waals surface area contributed by atoms with Gasteiger partial charge in [-0.25, -0.2) is 9.38 Å². The van der Waals surface area contributed by atoms with Gasteiger partial charge in [-0.3, -0.25) is 4.79 Å².